The minimum Gasteiger partial charge on any atom is -0.311 e. The molecule has 0 aliphatic rings. The third-order valence-electron chi connectivity index (χ3n) is 2.96. The molecule has 2 unspecified atom stereocenters. The molecule has 1 rings (SSSR count). The van der Waals surface area contributed by atoms with Crippen LogP contribution in [0.25, 0.3) is 0 Å². The van der Waals surface area contributed by atoms with Crippen LogP contribution in [0, 0.1) is 0 Å². The number of hydrogen-bond donors (Lipinski definition) is 1. The van der Waals surface area contributed by atoms with E-state index in [1.54, 1.807) is 20.2 Å². The van der Waals surface area contributed by atoms with Crippen molar-refractivity contribution in [2.75, 3.05) is 13.3 Å². The molecule has 5 nitrogen and oxygen atoms in total. The number of rotatable bonds is 6. The van der Waals surface area contributed by atoms with E-state index in [1.165, 1.54) is 6.26 Å². The summed E-state index contributed by atoms with van der Waals surface area (Å²) >= 11 is 0. The first-order valence-electron chi connectivity index (χ1n) is 5.79. The molecule has 0 aliphatic carbocycles. The normalized spacial score (nSPS) is 15.8. The van der Waals surface area contributed by atoms with Crippen molar-refractivity contribution in [1.82, 2.24) is 15.1 Å². The van der Waals surface area contributed by atoms with Crippen molar-refractivity contribution < 1.29 is 8.42 Å². The van der Waals surface area contributed by atoms with E-state index in [9.17, 15) is 8.42 Å². The highest BCUT2D eigenvalue weighted by Gasteiger charge is 2.28. The van der Waals surface area contributed by atoms with Crippen molar-refractivity contribution >= 4 is 9.84 Å². The van der Waals surface area contributed by atoms with E-state index in [2.05, 4.69) is 17.3 Å². The Labute approximate surface area is 103 Å². The zero-order valence-corrected chi connectivity index (χ0v) is 11.7. The van der Waals surface area contributed by atoms with Gasteiger partial charge in [-0.25, -0.2) is 8.42 Å². The van der Waals surface area contributed by atoms with Gasteiger partial charge in [-0.3, -0.25) is 4.68 Å². The van der Waals surface area contributed by atoms with Gasteiger partial charge in [-0.2, -0.15) is 5.10 Å². The summed E-state index contributed by atoms with van der Waals surface area (Å²) in [6, 6.07) is 1.65. The molecule has 1 aromatic rings. The van der Waals surface area contributed by atoms with Gasteiger partial charge in [-0.05, 0) is 26.5 Å². The molecule has 0 radical (unpaired) electrons. The number of nitrogens with zero attached hydrogens (tertiary/aromatic N) is 2. The summed E-state index contributed by atoms with van der Waals surface area (Å²) in [6.07, 6.45) is 3.95. The van der Waals surface area contributed by atoms with Gasteiger partial charge in [0.1, 0.15) is 0 Å². The molecule has 0 saturated carbocycles. The van der Waals surface area contributed by atoms with Gasteiger partial charge in [0.05, 0.1) is 17.0 Å². The Morgan fingerprint density at radius 2 is 2.18 bits per heavy atom. The Hall–Kier alpha value is -0.880. The molecule has 1 N–H and O–H groups in total. The minimum absolute atomic E-state index is 0.223. The van der Waals surface area contributed by atoms with Crippen LogP contribution in [0.2, 0.25) is 0 Å². The molecule has 0 saturated heterocycles. The molecule has 0 amide bonds. The average molecular weight is 259 g/mol. The predicted molar refractivity (Wildman–Crippen MR) is 68.6 cm³/mol. The summed E-state index contributed by atoms with van der Waals surface area (Å²) < 4.78 is 25.1. The molecule has 0 aromatic carbocycles. The largest absolute Gasteiger partial charge is 0.311 e. The molecule has 1 aromatic heterocycles. The van der Waals surface area contributed by atoms with Crippen LogP contribution in [0.3, 0.4) is 0 Å². The predicted octanol–water partition coefficient (Wildman–Crippen LogP) is 0.987. The van der Waals surface area contributed by atoms with Crippen LogP contribution in [-0.4, -0.2) is 36.8 Å². The fraction of sp³-hybridized carbons (Fsp3) is 0.727. The second kappa shape index (κ2) is 5.64. The third kappa shape index (κ3) is 3.29. The van der Waals surface area contributed by atoms with Crippen molar-refractivity contribution in [1.29, 1.82) is 0 Å². The van der Waals surface area contributed by atoms with Crippen LogP contribution in [0.15, 0.2) is 12.3 Å². The van der Waals surface area contributed by atoms with E-state index in [-0.39, 0.29) is 6.04 Å². The Bertz CT molecular complexity index is 453. The molecule has 6 heteroatoms. The van der Waals surface area contributed by atoms with Gasteiger partial charge in [0.25, 0.3) is 0 Å². The van der Waals surface area contributed by atoms with E-state index in [4.69, 9.17) is 0 Å². The Kier molecular flexibility index (Phi) is 4.70. The maximum atomic E-state index is 11.6. The van der Waals surface area contributed by atoms with Gasteiger partial charge in [-0.15, -0.1) is 0 Å². The van der Waals surface area contributed by atoms with Crippen LogP contribution in [0.4, 0.5) is 0 Å². The lowest BCUT2D eigenvalue weighted by Gasteiger charge is -2.23. The first-order valence-corrected chi connectivity index (χ1v) is 7.75. The Balaban J connectivity index is 3.05. The van der Waals surface area contributed by atoms with E-state index < -0.39 is 15.1 Å². The fourth-order valence-corrected chi connectivity index (χ4v) is 2.65. The fourth-order valence-electron chi connectivity index (χ4n) is 1.88. The van der Waals surface area contributed by atoms with Crippen LogP contribution in [0.1, 0.15) is 32.0 Å². The van der Waals surface area contributed by atoms with E-state index in [0.29, 0.717) is 0 Å². The molecule has 0 bridgehead atoms. The lowest BCUT2D eigenvalue weighted by Crippen LogP contribution is -2.34. The number of aryl methyl sites for hydroxylation is 1. The molecular formula is C11H21N3O2S. The first-order chi connectivity index (χ1) is 7.91. The third-order valence-corrected chi connectivity index (χ3v) is 4.58. The Morgan fingerprint density at radius 1 is 1.53 bits per heavy atom. The average Bonchev–Trinajstić information content (AvgIpc) is 2.67. The van der Waals surface area contributed by atoms with Gasteiger partial charge in [0, 0.05) is 19.0 Å². The van der Waals surface area contributed by atoms with Crippen molar-refractivity contribution in [2.24, 2.45) is 0 Å². The van der Waals surface area contributed by atoms with Crippen molar-refractivity contribution in [3.8, 4) is 0 Å². The highest BCUT2D eigenvalue weighted by Crippen LogP contribution is 2.21. The van der Waals surface area contributed by atoms with E-state index >= 15 is 0 Å². The molecule has 1 heterocycles. The highest BCUT2D eigenvalue weighted by atomic mass is 32.2. The van der Waals surface area contributed by atoms with Gasteiger partial charge in [0.15, 0.2) is 9.84 Å². The number of hydrogen-bond acceptors (Lipinski definition) is 4. The van der Waals surface area contributed by atoms with Crippen LogP contribution < -0.4 is 5.32 Å². The molecular weight excluding hydrogens is 238 g/mol. The zero-order chi connectivity index (χ0) is 13.1. The maximum absolute atomic E-state index is 11.6. The van der Waals surface area contributed by atoms with Gasteiger partial charge in [0.2, 0.25) is 0 Å². The molecule has 0 aliphatic heterocycles. The summed E-state index contributed by atoms with van der Waals surface area (Å²) in [5.41, 5.74) is 0.923. The monoisotopic (exact) mass is 259 g/mol. The van der Waals surface area contributed by atoms with Crippen LogP contribution in [0.5, 0.6) is 0 Å². The first kappa shape index (κ1) is 14.2. The molecule has 0 fully saturated rings. The van der Waals surface area contributed by atoms with E-state index in [0.717, 1.165) is 18.7 Å². The molecule has 98 valence electrons. The summed E-state index contributed by atoms with van der Waals surface area (Å²) in [5.74, 6) is 0. The lowest BCUT2D eigenvalue weighted by molar-refractivity contribution is 0.480. The van der Waals surface area contributed by atoms with Crippen molar-refractivity contribution in [3.05, 3.63) is 18.0 Å². The van der Waals surface area contributed by atoms with Gasteiger partial charge < -0.3 is 5.32 Å². The minimum atomic E-state index is -3.08. The topological polar surface area (TPSA) is 64.0 Å². The highest BCUT2D eigenvalue weighted by molar-refractivity contribution is 7.91. The van der Waals surface area contributed by atoms with Crippen molar-refractivity contribution in [3.63, 3.8) is 0 Å². The smallest absolute Gasteiger partial charge is 0.151 e. The second-order valence-electron chi connectivity index (χ2n) is 4.28. The quantitative estimate of drug-likeness (QED) is 0.827. The molecule has 0 spiro atoms. The van der Waals surface area contributed by atoms with Crippen molar-refractivity contribution in [2.45, 2.75) is 38.1 Å². The lowest BCUT2D eigenvalue weighted by atomic mass is 10.1. The number of aromatic nitrogens is 2. The second-order valence-corrected chi connectivity index (χ2v) is 6.68. The summed E-state index contributed by atoms with van der Waals surface area (Å²) in [5, 5.41) is 6.82. The number of sulfone groups is 1. The summed E-state index contributed by atoms with van der Waals surface area (Å²) in [7, 11) is -1.30. The van der Waals surface area contributed by atoms with Crippen LogP contribution >= 0.6 is 0 Å². The summed E-state index contributed by atoms with van der Waals surface area (Å²) in [6.45, 7) is 4.59. The summed E-state index contributed by atoms with van der Waals surface area (Å²) in [4.78, 5) is 0. The van der Waals surface area contributed by atoms with Crippen LogP contribution in [-0.2, 0) is 16.4 Å². The Morgan fingerprint density at radius 3 is 2.65 bits per heavy atom. The maximum Gasteiger partial charge on any atom is 0.151 e. The molecule has 17 heavy (non-hydrogen) atoms. The van der Waals surface area contributed by atoms with Gasteiger partial charge in [-0.1, -0.05) is 6.92 Å². The zero-order valence-electron chi connectivity index (χ0n) is 10.8. The van der Waals surface area contributed by atoms with E-state index in [1.807, 2.05) is 10.7 Å². The van der Waals surface area contributed by atoms with Gasteiger partial charge >= 0.3 is 0 Å². The number of nitrogens with one attached hydrogen (secondary N) is 1. The standard InChI is InChI=1S/C11H21N3O2S/c1-5-8-14-10(6-7-13-14)11(12-3)9(2)17(4,15)16/h6-7,9,11-12H,5,8H2,1-4H3. The molecule has 2 atom stereocenters. The SMILES string of the molecule is CCCn1nccc1C(NC)C(C)S(C)(=O)=O.